The summed E-state index contributed by atoms with van der Waals surface area (Å²) in [6.45, 7) is 4.73. The fraction of sp³-hybridized carbons (Fsp3) is 0.107. The quantitative estimate of drug-likeness (QED) is 0.260. The molecule has 5 rings (SSSR count). The summed E-state index contributed by atoms with van der Waals surface area (Å²) in [4.78, 5) is 17.1. The van der Waals surface area contributed by atoms with Crippen molar-refractivity contribution in [1.29, 1.82) is 0 Å². The van der Waals surface area contributed by atoms with Gasteiger partial charge in [-0.15, -0.1) is 12.4 Å². The van der Waals surface area contributed by atoms with Crippen molar-refractivity contribution in [2.75, 3.05) is 5.32 Å². The number of nitrogens with one attached hydrogen (secondary N) is 2. The summed E-state index contributed by atoms with van der Waals surface area (Å²) in [6.07, 6.45) is 7.60. The molecule has 1 amide bonds. The maximum absolute atomic E-state index is 12.8. The first-order chi connectivity index (χ1) is 17.1. The van der Waals surface area contributed by atoms with Gasteiger partial charge < -0.3 is 14.6 Å². The number of carbonyl (C=O) groups excluding carboxylic acids is 1. The number of ether oxygens (including phenoxy) is 1. The van der Waals surface area contributed by atoms with Gasteiger partial charge in [-0.3, -0.25) is 14.9 Å². The second-order valence-corrected chi connectivity index (χ2v) is 8.18. The predicted octanol–water partition coefficient (Wildman–Crippen LogP) is 6.72. The van der Waals surface area contributed by atoms with Gasteiger partial charge >= 0.3 is 0 Å². The van der Waals surface area contributed by atoms with E-state index in [1.54, 1.807) is 6.20 Å². The van der Waals surface area contributed by atoms with Gasteiger partial charge in [0.25, 0.3) is 5.91 Å². The summed E-state index contributed by atoms with van der Waals surface area (Å²) >= 11 is 0. The number of rotatable bonds is 7. The molecule has 0 saturated heterocycles. The minimum atomic E-state index is -0.151. The molecular weight excluding hydrogens is 474 g/mol. The number of pyridine rings is 1. The minimum Gasteiger partial charge on any atom is -0.457 e. The zero-order valence-electron chi connectivity index (χ0n) is 19.9. The van der Waals surface area contributed by atoms with Crippen molar-refractivity contribution in [3.63, 3.8) is 0 Å². The van der Waals surface area contributed by atoms with Crippen molar-refractivity contribution in [1.82, 2.24) is 19.7 Å². The Morgan fingerprint density at radius 2 is 1.92 bits per heavy atom. The lowest BCUT2D eigenvalue weighted by Gasteiger charge is -2.10. The Hall–Kier alpha value is -4.36. The molecule has 0 fully saturated rings. The number of H-pyrrole nitrogens is 1. The number of amides is 1. The fourth-order valence-corrected chi connectivity index (χ4v) is 3.93. The molecule has 0 unspecified atom stereocenters. The molecule has 0 bridgehead atoms. The SMILES string of the molecule is CCn1cc(C)cc1C(=O)Nc1cccc(Oc2ccc3c(/C=C/c4ccccn4)n[nH]c3c2)c1.Cl. The predicted molar refractivity (Wildman–Crippen MR) is 146 cm³/mol. The molecular formula is C28H26ClN5O2. The molecule has 0 atom stereocenters. The summed E-state index contributed by atoms with van der Waals surface area (Å²) in [7, 11) is 0. The number of carbonyl (C=O) groups is 1. The molecule has 36 heavy (non-hydrogen) atoms. The number of hydrogen-bond acceptors (Lipinski definition) is 4. The Kier molecular flexibility index (Phi) is 7.51. The molecule has 5 aromatic rings. The van der Waals surface area contributed by atoms with Gasteiger partial charge in [0.05, 0.1) is 16.9 Å². The zero-order valence-corrected chi connectivity index (χ0v) is 20.8. The number of aryl methyl sites for hydroxylation is 2. The molecule has 3 aromatic heterocycles. The largest absolute Gasteiger partial charge is 0.457 e. The van der Waals surface area contributed by atoms with E-state index in [2.05, 4.69) is 20.5 Å². The molecule has 0 spiro atoms. The Balaban J connectivity index is 0.00000304. The van der Waals surface area contributed by atoms with Crippen LogP contribution in [0, 0.1) is 6.92 Å². The van der Waals surface area contributed by atoms with Crippen molar-refractivity contribution in [3.05, 3.63) is 102 Å². The number of nitrogens with zero attached hydrogens (tertiary/aromatic N) is 3. The maximum atomic E-state index is 12.8. The van der Waals surface area contributed by atoms with Crippen LogP contribution < -0.4 is 10.1 Å². The third-order valence-electron chi connectivity index (χ3n) is 5.60. The maximum Gasteiger partial charge on any atom is 0.272 e. The summed E-state index contributed by atoms with van der Waals surface area (Å²) in [5.41, 5.74) is 4.91. The molecule has 182 valence electrons. The number of anilines is 1. The first-order valence-electron chi connectivity index (χ1n) is 11.4. The van der Waals surface area contributed by atoms with Crippen molar-refractivity contribution in [2.45, 2.75) is 20.4 Å². The van der Waals surface area contributed by atoms with Gasteiger partial charge in [0.15, 0.2) is 0 Å². The number of aromatic nitrogens is 4. The highest BCUT2D eigenvalue weighted by Crippen LogP contribution is 2.28. The molecule has 2 aromatic carbocycles. The number of fused-ring (bicyclic) bond motifs is 1. The lowest BCUT2D eigenvalue weighted by atomic mass is 10.2. The van der Waals surface area contributed by atoms with E-state index in [1.807, 2.05) is 103 Å². The highest BCUT2D eigenvalue weighted by Gasteiger charge is 2.13. The third-order valence-corrected chi connectivity index (χ3v) is 5.60. The van der Waals surface area contributed by atoms with E-state index < -0.39 is 0 Å². The Morgan fingerprint density at radius 1 is 1.06 bits per heavy atom. The minimum absolute atomic E-state index is 0. The first kappa shape index (κ1) is 24.8. The van der Waals surface area contributed by atoms with E-state index in [-0.39, 0.29) is 18.3 Å². The molecule has 2 N–H and O–H groups in total. The van der Waals surface area contributed by atoms with Crippen molar-refractivity contribution >= 4 is 47.1 Å². The fourth-order valence-electron chi connectivity index (χ4n) is 3.93. The van der Waals surface area contributed by atoms with Crippen LogP contribution in [0.4, 0.5) is 5.69 Å². The Morgan fingerprint density at radius 3 is 2.72 bits per heavy atom. The van der Waals surface area contributed by atoms with E-state index in [4.69, 9.17) is 4.74 Å². The van der Waals surface area contributed by atoms with Gasteiger partial charge in [-0.1, -0.05) is 12.1 Å². The smallest absolute Gasteiger partial charge is 0.272 e. The van der Waals surface area contributed by atoms with Crippen LogP contribution in [-0.4, -0.2) is 25.7 Å². The van der Waals surface area contributed by atoms with Gasteiger partial charge in [0.2, 0.25) is 0 Å². The third kappa shape index (κ3) is 5.47. The number of hydrogen-bond donors (Lipinski definition) is 2. The van der Waals surface area contributed by atoms with Crippen molar-refractivity contribution in [3.8, 4) is 11.5 Å². The molecule has 0 aliphatic heterocycles. The molecule has 0 aliphatic carbocycles. The number of aromatic amines is 1. The average molecular weight is 500 g/mol. The van der Waals surface area contributed by atoms with Gasteiger partial charge in [0.1, 0.15) is 17.2 Å². The second-order valence-electron chi connectivity index (χ2n) is 8.18. The van der Waals surface area contributed by atoms with Crippen LogP contribution in [0.15, 0.2) is 79.1 Å². The van der Waals surface area contributed by atoms with E-state index in [1.165, 1.54) is 0 Å². The van der Waals surface area contributed by atoms with Crippen LogP contribution in [0.3, 0.4) is 0 Å². The van der Waals surface area contributed by atoms with Gasteiger partial charge in [-0.25, -0.2) is 0 Å². The van der Waals surface area contributed by atoms with Crippen LogP contribution in [0.5, 0.6) is 11.5 Å². The highest BCUT2D eigenvalue weighted by atomic mass is 35.5. The second kappa shape index (κ2) is 10.9. The zero-order chi connectivity index (χ0) is 24.2. The van der Waals surface area contributed by atoms with E-state index in [0.717, 1.165) is 34.4 Å². The Labute approximate surface area is 215 Å². The van der Waals surface area contributed by atoms with Crippen LogP contribution in [0.25, 0.3) is 23.1 Å². The van der Waals surface area contributed by atoms with Gasteiger partial charge in [-0.05, 0) is 74.0 Å². The van der Waals surface area contributed by atoms with E-state index >= 15 is 0 Å². The monoisotopic (exact) mass is 499 g/mol. The van der Waals surface area contributed by atoms with Crippen LogP contribution in [-0.2, 0) is 6.54 Å². The molecule has 7 nitrogen and oxygen atoms in total. The Bertz CT molecular complexity index is 1520. The molecule has 3 heterocycles. The van der Waals surface area contributed by atoms with Crippen LogP contribution in [0.2, 0.25) is 0 Å². The summed E-state index contributed by atoms with van der Waals surface area (Å²) in [5, 5.41) is 11.4. The number of halogens is 1. The highest BCUT2D eigenvalue weighted by molar-refractivity contribution is 6.03. The summed E-state index contributed by atoms with van der Waals surface area (Å²) in [6, 6.07) is 20.8. The average Bonchev–Trinajstić information content (AvgIpc) is 3.46. The normalized spacial score (nSPS) is 10.9. The topological polar surface area (TPSA) is 84.8 Å². The van der Waals surface area contributed by atoms with Crippen LogP contribution >= 0.6 is 12.4 Å². The van der Waals surface area contributed by atoms with E-state index in [0.29, 0.717) is 22.9 Å². The molecule has 0 radical (unpaired) electrons. The lowest BCUT2D eigenvalue weighted by Crippen LogP contribution is -2.16. The molecule has 8 heteroatoms. The van der Waals surface area contributed by atoms with Crippen molar-refractivity contribution in [2.24, 2.45) is 0 Å². The first-order valence-corrected chi connectivity index (χ1v) is 11.4. The summed E-state index contributed by atoms with van der Waals surface area (Å²) < 4.78 is 8.00. The van der Waals surface area contributed by atoms with Gasteiger partial charge in [-0.2, -0.15) is 5.10 Å². The standard InChI is InChI=1S/C28H25N5O2.ClH/c1-3-33-18-19(2)15-27(33)28(34)30-21-8-6-9-22(16-21)35-23-11-12-24-25(31-32-26(24)17-23)13-10-20-7-4-5-14-29-20;/h4-18H,3H2,1-2H3,(H,30,34)(H,31,32);1H/b13-10+;. The van der Waals surface area contributed by atoms with Crippen LogP contribution in [0.1, 0.15) is 34.4 Å². The van der Waals surface area contributed by atoms with Gasteiger partial charge in [0, 0.05) is 42.1 Å². The van der Waals surface area contributed by atoms with Crippen molar-refractivity contribution < 1.29 is 9.53 Å². The molecule has 0 saturated carbocycles. The van der Waals surface area contributed by atoms with E-state index in [9.17, 15) is 4.79 Å². The molecule has 0 aliphatic rings. The lowest BCUT2D eigenvalue weighted by molar-refractivity contribution is 0.101. The summed E-state index contributed by atoms with van der Waals surface area (Å²) in [5.74, 6) is 1.14. The number of benzene rings is 2.